The summed E-state index contributed by atoms with van der Waals surface area (Å²) in [7, 11) is 0. The molecule has 0 bridgehead atoms. The lowest BCUT2D eigenvalue weighted by Gasteiger charge is -2.19. The smallest absolute Gasteiger partial charge is 0.218 e. The molecule has 0 fully saturated rings. The van der Waals surface area contributed by atoms with E-state index in [1.54, 1.807) is 0 Å². The first-order chi connectivity index (χ1) is 7.49. The van der Waals surface area contributed by atoms with Crippen LogP contribution in [0.4, 0.5) is 0 Å². The van der Waals surface area contributed by atoms with Crippen LogP contribution < -0.4 is 11.1 Å². The molecule has 0 radical (unpaired) electrons. The maximum absolute atomic E-state index is 10.8. The van der Waals surface area contributed by atoms with Crippen molar-refractivity contribution in [2.45, 2.75) is 32.4 Å². The van der Waals surface area contributed by atoms with Gasteiger partial charge in [0.2, 0.25) is 5.91 Å². The third kappa shape index (κ3) is 4.33. The van der Waals surface area contributed by atoms with Gasteiger partial charge in [0.1, 0.15) is 0 Å². The van der Waals surface area contributed by atoms with Gasteiger partial charge in [-0.1, -0.05) is 28.1 Å². The van der Waals surface area contributed by atoms with E-state index in [9.17, 15) is 4.79 Å². The lowest BCUT2D eigenvalue weighted by atomic mass is 10.1. The topological polar surface area (TPSA) is 55.1 Å². The molecule has 0 aliphatic rings. The van der Waals surface area contributed by atoms with Gasteiger partial charge in [-0.15, -0.1) is 0 Å². The molecule has 0 heterocycles. The van der Waals surface area contributed by atoms with Crippen LogP contribution in [0.25, 0.3) is 0 Å². The van der Waals surface area contributed by atoms with E-state index in [2.05, 4.69) is 40.3 Å². The van der Waals surface area contributed by atoms with Crippen molar-refractivity contribution in [3.63, 3.8) is 0 Å². The molecular weight excluding hydrogens is 268 g/mol. The molecule has 1 rings (SSSR count). The highest BCUT2D eigenvalue weighted by Gasteiger charge is 2.11. The second-order valence-electron chi connectivity index (χ2n) is 4.01. The van der Waals surface area contributed by atoms with Crippen LogP contribution in [-0.2, 0) is 4.79 Å². The van der Waals surface area contributed by atoms with E-state index in [1.807, 2.05) is 19.1 Å². The molecule has 3 nitrogen and oxygen atoms in total. The van der Waals surface area contributed by atoms with Gasteiger partial charge < -0.3 is 11.1 Å². The number of carbonyl (C=O) groups is 1. The Labute approximate surface area is 105 Å². The first-order valence-electron chi connectivity index (χ1n) is 5.29. The van der Waals surface area contributed by atoms with Gasteiger partial charge in [-0.25, -0.2) is 0 Å². The zero-order valence-corrected chi connectivity index (χ0v) is 11.1. The molecule has 0 saturated heterocycles. The Bertz CT molecular complexity index is 368. The van der Waals surface area contributed by atoms with Gasteiger partial charge in [0.05, 0.1) is 0 Å². The second-order valence-corrected chi connectivity index (χ2v) is 4.93. The fourth-order valence-corrected chi connectivity index (χ4v) is 2.08. The zero-order valence-electron chi connectivity index (χ0n) is 9.53. The van der Waals surface area contributed by atoms with Crippen LogP contribution in [-0.4, -0.2) is 11.9 Å². The number of rotatable bonds is 5. The predicted octanol–water partition coefficient (Wildman–Crippen LogP) is 2.36. The number of amides is 1. The zero-order chi connectivity index (χ0) is 12.1. The molecule has 1 aromatic rings. The van der Waals surface area contributed by atoms with Gasteiger partial charge in [0, 0.05) is 23.0 Å². The van der Waals surface area contributed by atoms with Crippen molar-refractivity contribution in [2.24, 2.45) is 5.73 Å². The van der Waals surface area contributed by atoms with Crippen molar-refractivity contribution in [1.29, 1.82) is 0 Å². The molecule has 0 spiro atoms. The lowest BCUT2D eigenvalue weighted by Crippen LogP contribution is -2.32. The first kappa shape index (κ1) is 13.2. The van der Waals surface area contributed by atoms with Crippen LogP contribution >= 0.6 is 15.9 Å². The molecule has 2 atom stereocenters. The summed E-state index contributed by atoms with van der Waals surface area (Å²) in [4.78, 5) is 10.8. The average Bonchev–Trinajstić information content (AvgIpc) is 2.16. The Hall–Kier alpha value is -0.870. The van der Waals surface area contributed by atoms with E-state index < -0.39 is 0 Å². The summed E-state index contributed by atoms with van der Waals surface area (Å²) in [6, 6.07) is 8.39. The molecule has 0 unspecified atom stereocenters. The molecule has 0 aliphatic carbocycles. The standard InChI is InChI=1S/C12H17BrN2O/c1-8(6-12(14)16)15-9(2)10-4-3-5-11(13)7-10/h3-5,7-9,15H,6H2,1-2H3,(H2,14,16)/t8-,9+/m0/s1. The number of benzene rings is 1. The fraction of sp³-hybridized carbons (Fsp3) is 0.417. The highest BCUT2D eigenvalue weighted by atomic mass is 79.9. The first-order valence-corrected chi connectivity index (χ1v) is 6.08. The summed E-state index contributed by atoms with van der Waals surface area (Å²) < 4.78 is 1.06. The van der Waals surface area contributed by atoms with Gasteiger partial charge in [0.15, 0.2) is 0 Å². The molecule has 3 N–H and O–H groups in total. The summed E-state index contributed by atoms with van der Waals surface area (Å²) in [6.45, 7) is 4.03. The molecule has 0 aromatic heterocycles. The van der Waals surface area contributed by atoms with Crippen LogP contribution in [0.2, 0.25) is 0 Å². The molecule has 1 amide bonds. The van der Waals surface area contributed by atoms with E-state index >= 15 is 0 Å². The third-order valence-corrected chi connectivity index (χ3v) is 2.88. The van der Waals surface area contributed by atoms with Crippen LogP contribution in [0.3, 0.4) is 0 Å². The number of primary amides is 1. The largest absolute Gasteiger partial charge is 0.370 e. The molecule has 1 aromatic carbocycles. The highest BCUT2D eigenvalue weighted by molar-refractivity contribution is 9.10. The minimum Gasteiger partial charge on any atom is -0.370 e. The van der Waals surface area contributed by atoms with Gasteiger partial charge in [-0.2, -0.15) is 0 Å². The van der Waals surface area contributed by atoms with Crippen LogP contribution in [0.5, 0.6) is 0 Å². The highest BCUT2D eigenvalue weighted by Crippen LogP contribution is 2.18. The van der Waals surface area contributed by atoms with Crippen molar-refractivity contribution in [3.8, 4) is 0 Å². The SMILES string of the molecule is C[C@@H](CC(N)=O)N[C@H](C)c1cccc(Br)c1. The average molecular weight is 285 g/mol. The summed E-state index contributed by atoms with van der Waals surface area (Å²) in [5.41, 5.74) is 6.33. The Morgan fingerprint density at radius 3 is 2.75 bits per heavy atom. The maximum atomic E-state index is 10.8. The molecular formula is C12H17BrN2O. The minimum atomic E-state index is -0.276. The van der Waals surface area contributed by atoms with Crippen molar-refractivity contribution < 1.29 is 4.79 Å². The van der Waals surface area contributed by atoms with E-state index in [0.717, 1.165) is 4.47 Å². The molecule has 4 heteroatoms. The third-order valence-electron chi connectivity index (χ3n) is 2.39. The molecule has 0 saturated carbocycles. The Morgan fingerprint density at radius 1 is 1.50 bits per heavy atom. The molecule has 0 aliphatic heterocycles. The Kier molecular flexibility index (Phi) is 4.96. The number of carbonyl (C=O) groups excluding carboxylic acids is 1. The lowest BCUT2D eigenvalue weighted by molar-refractivity contribution is -0.118. The number of hydrogen-bond acceptors (Lipinski definition) is 2. The monoisotopic (exact) mass is 284 g/mol. The fourth-order valence-electron chi connectivity index (χ4n) is 1.66. The number of hydrogen-bond donors (Lipinski definition) is 2. The molecule has 16 heavy (non-hydrogen) atoms. The van der Waals surface area contributed by atoms with E-state index in [0.29, 0.717) is 6.42 Å². The summed E-state index contributed by atoms with van der Waals surface area (Å²) in [6.07, 6.45) is 0.359. The van der Waals surface area contributed by atoms with Gasteiger partial charge in [0.25, 0.3) is 0 Å². The van der Waals surface area contributed by atoms with E-state index in [-0.39, 0.29) is 18.0 Å². The molecule has 88 valence electrons. The number of halogens is 1. The van der Waals surface area contributed by atoms with Crippen molar-refractivity contribution in [1.82, 2.24) is 5.32 Å². The summed E-state index contributed by atoms with van der Waals surface area (Å²) >= 11 is 3.44. The normalized spacial score (nSPS) is 14.4. The van der Waals surface area contributed by atoms with Gasteiger partial charge >= 0.3 is 0 Å². The Balaban J connectivity index is 2.58. The van der Waals surface area contributed by atoms with Crippen LogP contribution in [0, 0.1) is 0 Å². The second kappa shape index (κ2) is 6.01. The quantitative estimate of drug-likeness (QED) is 0.872. The predicted molar refractivity (Wildman–Crippen MR) is 69.0 cm³/mol. The van der Waals surface area contributed by atoms with Gasteiger partial charge in [-0.3, -0.25) is 4.79 Å². The summed E-state index contributed by atoms with van der Waals surface area (Å²) in [5, 5.41) is 3.33. The number of nitrogens with two attached hydrogens (primary N) is 1. The van der Waals surface area contributed by atoms with Crippen LogP contribution in [0.15, 0.2) is 28.7 Å². The van der Waals surface area contributed by atoms with Crippen molar-refractivity contribution >= 4 is 21.8 Å². The van der Waals surface area contributed by atoms with Crippen molar-refractivity contribution in [3.05, 3.63) is 34.3 Å². The minimum absolute atomic E-state index is 0.0893. The number of nitrogens with one attached hydrogen (secondary N) is 1. The maximum Gasteiger partial charge on any atom is 0.218 e. The Morgan fingerprint density at radius 2 is 2.19 bits per heavy atom. The van der Waals surface area contributed by atoms with Crippen molar-refractivity contribution in [2.75, 3.05) is 0 Å². The van der Waals surface area contributed by atoms with E-state index in [1.165, 1.54) is 5.56 Å². The summed E-state index contributed by atoms with van der Waals surface area (Å²) in [5.74, 6) is -0.276. The van der Waals surface area contributed by atoms with Crippen LogP contribution in [0.1, 0.15) is 31.9 Å². The van der Waals surface area contributed by atoms with E-state index in [4.69, 9.17) is 5.73 Å². The van der Waals surface area contributed by atoms with Gasteiger partial charge in [-0.05, 0) is 31.5 Å².